The van der Waals surface area contributed by atoms with Gasteiger partial charge in [-0.1, -0.05) is 0 Å². The van der Waals surface area contributed by atoms with Gasteiger partial charge in [0, 0.05) is 11.6 Å². The molecule has 0 bridgehead atoms. The van der Waals surface area contributed by atoms with Gasteiger partial charge in [-0.05, 0) is 24.3 Å². The summed E-state index contributed by atoms with van der Waals surface area (Å²) in [7, 11) is 2.90. The molecular formula is C16H14O6. The largest absolute Gasteiger partial charge is 0.504 e. The number of methoxy groups -OCH3 is 2. The maximum atomic E-state index is 11.2. The zero-order valence-corrected chi connectivity index (χ0v) is 12.0. The monoisotopic (exact) mass is 302 g/mol. The lowest BCUT2D eigenvalue weighted by Crippen LogP contribution is -1.96. The Kier molecular flexibility index (Phi) is 4.63. The van der Waals surface area contributed by atoms with E-state index < -0.39 is 0 Å². The highest BCUT2D eigenvalue weighted by atomic mass is 16.5. The molecular weight excluding hydrogens is 288 g/mol. The number of ether oxygens (including phenoxy) is 3. The summed E-state index contributed by atoms with van der Waals surface area (Å²) in [5, 5.41) is 9.80. The van der Waals surface area contributed by atoms with Crippen LogP contribution in [0, 0.1) is 0 Å². The zero-order chi connectivity index (χ0) is 16.1. The number of aldehydes is 2. The summed E-state index contributed by atoms with van der Waals surface area (Å²) in [6.07, 6.45) is 1.22. The first-order valence-electron chi connectivity index (χ1n) is 6.30. The fraction of sp³-hybridized carbons (Fsp3) is 0.125. The first kappa shape index (κ1) is 15.4. The van der Waals surface area contributed by atoms with Crippen molar-refractivity contribution in [2.24, 2.45) is 0 Å². The summed E-state index contributed by atoms with van der Waals surface area (Å²) in [4.78, 5) is 22.0. The first-order chi connectivity index (χ1) is 10.6. The number of carbonyl (C=O) groups excluding carboxylic acids is 2. The minimum atomic E-state index is -0.155. The van der Waals surface area contributed by atoms with E-state index in [0.29, 0.717) is 29.6 Å². The molecule has 0 amide bonds. The average molecular weight is 302 g/mol. The second kappa shape index (κ2) is 6.62. The molecule has 2 aromatic rings. The van der Waals surface area contributed by atoms with Gasteiger partial charge >= 0.3 is 0 Å². The van der Waals surface area contributed by atoms with Crippen LogP contribution in [-0.4, -0.2) is 31.9 Å². The molecule has 0 fully saturated rings. The molecule has 0 saturated heterocycles. The van der Waals surface area contributed by atoms with Gasteiger partial charge in [-0.2, -0.15) is 0 Å². The van der Waals surface area contributed by atoms with Crippen molar-refractivity contribution >= 4 is 12.6 Å². The van der Waals surface area contributed by atoms with Crippen LogP contribution < -0.4 is 14.2 Å². The molecule has 0 aromatic heterocycles. The van der Waals surface area contributed by atoms with Crippen LogP contribution in [0.4, 0.5) is 0 Å². The predicted molar refractivity (Wildman–Crippen MR) is 78.5 cm³/mol. The van der Waals surface area contributed by atoms with Gasteiger partial charge in [-0.3, -0.25) is 9.59 Å². The van der Waals surface area contributed by atoms with Gasteiger partial charge in [0.15, 0.2) is 29.3 Å². The van der Waals surface area contributed by atoms with Crippen LogP contribution in [0.1, 0.15) is 20.7 Å². The number of phenolic OH excluding ortho intramolecular Hbond substituents is 1. The van der Waals surface area contributed by atoms with Crippen LogP contribution in [0.25, 0.3) is 0 Å². The Morgan fingerprint density at radius 3 is 2.14 bits per heavy atom. The van der Waals surface area contributed by atoms with Crippen LogP contribution in [-0.2, 0) is 0 Å². The van der Waals surface area contributed by atoms with Gasteiger partial charge in [-0.15, -0.1) is 0 Å². The van der Waals surface area contributed by atoms with E-state index in [-0.39, 0.29) is 22.8 Å². The Bertz CT molecular complexity index is 708. The first-order valence-corrected chi connectivity index (χ1v) is 6.30. The molecule has 0 heterocycles. The predicted octanol–water partition coefficient (Wildman–Crippen LogP) is 2.83. The molecule has 2 aromatic carbocycles. The SMILES string of the molecule is COc1cc(C=O)c(Oc2cc(C=O)ccc2O)cc1OC. The van der Waals surface area contributed by atoms with Crippen LogP contribution in [0.15, 0.2) is 30.3 Å². The maximum absolute atomic E-state index is 11.2. The molecule has 6 nitrogen and oxygen atoms in total. The van der Waals surface area contributed by atoms with Crippen molar-refractivity contribution in [1.82, 2.24) is 0 Å². The number of rotatable bonds is 6. The lowest BCUT2D eigenvalue weighted by molar-refractivity contribution is 0.111. The van der Waals surface area contributed by atoms with Gasteiger partial charge in [0.25, 0.3) is 0 Å². The standard InChI is InChI=1S/C16H14O6/c1-20-15-6-11(9-18)13(7-16(15)21-2)22-14-5-10(8-17)3-4-12(14)19/h3-9,19H,1-2H3. The Morgan fingerprint density at radius 1 is 0.864 bits per heavy atom. The average Bonchev–Trinajstić information content (AvgIpc) is 2.56. The molecule has 0 aliphatic heterocycles. The highest BCUT2D eigenvalue weighted by Gasteiger charge is 2.14. The van der Waals surface area contributed by atoms with Crippen molar-refractivity contribution in [3.8, 4) is 28.7 Å². The van der Waals surface area contributed by atoms with Gasteiger partial charge in [0.05, 0.1) is 19.8 Å². The summed E-state index contributed by atoms with van der Waals surface area (Å²) in [6.45, 7) is 0. The van der Waals surface area contributed by atoms with Gasteiger partial charge < -0.3 is 19.3 Å². The summed E-state index contributed by atoms with van der Waals surface area (Å²) in [5.74, 6) is 0.820. The van der Waals surface area contributed by atoms with Crippen molar-refractivity contribution in [2.75, 3.05) is 14.2 Å². The van der Waals surface area contributed by atoms with Crippen LogP contribution in [0.3, 0.4) is 0 Å². The molecule has 0 spiro atoms. The van der Waals surface area contributed by atoms with Gasteiger partial charge in [0.1, 0.15) is 12.0 Å². The molecule has 114 valence electrons. The Labute approximate surface area is 126 Å². The van der Waals surface area contributed by atoms with Crippen molar-refractivity contribution in [3.05, 3.63) is 41.5 Å². The third kappa shape index (κ3) is 3.01. The van der Waals surface area contributed by atoms with E-state index >= 15 is 0 Å². The minimum Gasteiger partial charge on any atom is -0.504 e. The van der Waals surface area contributed by atoms with Gasteiger partial charge in [0.2, 0.25) is 0 Å². The quantitative estimate of drug-likeness (QED) is 0.826. The number of carbonyl (C=O) groups is 2. The van der Waals surface area contributed by atoms with Crippen molar-refractivity contribution in [2.45, 2.75) is 0 Å². The third-order valence-corrected chi connectivity index (χ3v) is 2.98. The highest BCUT2D eigenvalue weighted by Crippen LogP contribution is 2.38. The Hall–Kier alpha value is -3.02. The number of hydrogen-bond acceptors (Lipinski definition) is 6. The van der Waals surface area contributed by atoms with E-state index in [1.165, 1.54) is 44.6 Å². The van der Waals surface area contributed by atoms with E-state index in [1.54, 1.807) is 0 Å². The molecule has 0 aliphatic rings. The van der Waals surface area contributed by atoms with Crippen LogP contribution >= 0.6 is 0 Å². The second-order valence-corrected chi connectivity index (χ2v) is 4.31. The van der Waals surface area contributed by atoms with Crippen molar-refractivity contribution in [3.63, 3.8) is 0 Å². The smallest absolute Gasteiger partial charge is 0.169 e. The molecule has 6 heteroatoms. The molecule has 0 saturated carbocycles. The maximum Gasteiger partial charge on any atom is 0.169 e. The fourth-order valence-electron chi connectivity index (χ4n) is 1.86. The lowest BCUT2D eigenvalue weighted by Gasteiger charge is -2.13. The van der Waals surface area contributed by atoms with Crippen LogP contribution in [0.2, 0.25) is 0 Å². The molecule has 0 aliphatic carbocycles. The van der Waals surface area contributed by atoms with E-state index in [2.05, 4.69) is 0 Å². The Balaban J connectivity index is 2.48. The Morgan fingerprint density at radius 2 is 1.55 bits per heavy atom. The minimum absolute atomic E-state index is 0.0555. The molecule has 0 radical (unpaired) electrons. The molecule has 0 atom stereocenters. The number of benzene rings is 2. The number of hydrogen-bond donors (Lipinski definition) is 1. The third-order valence-electron chi connectivity index (χ3n) is 2.98. The van der Waals surface area contributed by atoms with E-state index in [4.69, 9.17) is 14.2 Å². The zero-order valence-electron chi connectivity index (χ0n) is 12.0. The topological polar surface area (TPSA) is 82.1 Å². The van der Waals surface area contributed by atoms with Crippen molar-refractivity contribution < 1.29 is 28.9 Å². The lowest BCUT2D eigenvalue weighted by atomic mass is 10.2. The fourth-order valence-corrected chi connectivity index (χ4v) is 1.86. The summed E-state index contributed by atoms with van der Waals surface area (Å²) in [5.41, 5.74) is 0.550. The normalized spacial score (nSPS) is 9.91. The second-order valence-electron chi connectivity index (χ2n) is 4.31. The summed E-state index contributed by atoms with van der Waals surface area (Å²) >= 11 is 0. The molecule has 1 N–H and O–H groups in total. The van der Waals surface area contributed by atoms with E-state index in [9.17, 15) is 14.7 Å². The summed E-state index contributed by atoms with van der Waals surface area (Å²) in [6, 6.07) is 7.08. The summed E-state index contributed by atoms with van der Waals surface area (Å²) < 4.78 is 15.8. The van der Waals surface area contributed by atoms with Crippen LogP contribution in [0.5, 0.6) is 28.7 Å². The highest BCUT2D eigenvalue weighted by molar-refractivity contribution is 5.82. The van der Waals surface area contributed by atoms with Crippen molar-refractivity contribution in [1.29, 1.82) is 0 Å². The molecule has 22 heavy (non-hydrogen) atoms. The van der Waals surface area contributed by atoms with Gasteiger partial charge in [-0.25, -0.2) is 0 Å². The molecule has 0 unspecified atom stereocenters. The van der Waals surface area contributed by atoms with E-state index in [1.807, 2.05) is 0 Å². The molecule has 2 rings (SSSR count). The number of aromatic hydroxyl groups is 1. The number of phenols is 1. The van der Waals surface area contributed by atoms with E-state index in [0.717, 1.165) is 0 Å².